The van der Waals surface area contributed by atoms with E-state index in [2.05, 4.69) is 25.3 Å². The molecule has 0 radical (unpaired) electrons. The third kappa shape index (κ3) is 3.97. The summed E-state index contributed by atoms with van der Waals surface area (Å²) in [6.45, 7) is 1.69. The van der Waals surface area contributed by atoms with Gasteiger partial charge in [0.25, 0.3) is 0 Å². The Morgan fingerprint density at radius 2 is 2.00 bits per heavy atom. The van der Waals surface area contributed by atoms with Crippen LogP contribution in [0.2, 0.25) is 0 Å². The highest BCUT2D eigenvalue weighted by Crippen LogP contribution is 2.28. The third-order valence-corrected chi connectivity index (χ3v) is 5.63. The number of anilines is 2. The molecule has 144 valence electrons. The van der Waals surface area contributed by atoms with Crippen LogP contribution in [0.3, 0.4) is 0 Å². The van der Waals surface area contributed by atoms with Crippen molar-refractivity contribution >= 4 is 44.9 Å². The van der Waals surface area contributed by atoms with E-state index in [1.807, 2.05) is 42.5 Å². The van der Waals surface area contributed by atoms with Crippen LogP contribution in [0.1, 0.15) is 10.6 Å². The van der Waals surface area contributed by atoms with E-state index < -0.39 is 6.09 Å². The highest BCUT2D eigenvalue weighted by molar-refractivity contribution is 7.15. The molecule has 2 aromatic carbocycles. The molecule has 0 bridgehead atoms. The maximum atomic E-state index is 12.6. The minimum Gasteiger partial charge on any atom is -0.453 e. The second-order valence-corrected chi connectivity index (χ2v) is 7.62. The summed E-state index contributed by atoms with van der Waals surface area (Å²) in [5.41, 5.74) is 1.80. The third-order valence-electron chi connectivity index (χ3n) is 4.64. The lowest BCUT2D eigenvalue weighted by atomic mass is 10.1. The molecule has 2 N–H and O–H groups in total. The van der Waals surface area contributed by atoms with Crippen molar-refractivity contribution in [3.05, 3.63) is 53.0 Å². The zero-order chi connectivity index (χ0) is 19.5. The molecule has 0 aliphatic carbocycles. The van der Waals surface area contributed by atoms with Gasteiger partial charge in [0, 0.05) is 35.5 Å². The Kier molecular flexibility index (Phi) is 5.23. The van der Waals surface area contributed by atoms with Crippen LogP contribution in [0.15, 0.2) is 42.5 Å². The Morgan fingerprint density at radius 1 is 1.18 bits per heavy atom. The summed E-state index contributed by atoms with van der Waals surface area (Å²) in [6, 6.07) is 13.9. The van der Waals surface area contributed by atoms with E-state index in [9.17, 15) is 9.59 Å². The van der Waals surface area contributed by atoms with Crippen molar-refractivity contribution in [2.24, 2.45) is 0 Å². The number of aromatic nitrogens is 1. The average Bonchev–Trinajstić information content (AvgIpc) is 3.09. The van der Waals surface area contributed by atoms with E-state index in [0.717, 1.165) is 40.0 Å². The van der Waals surface area contributed by atoms with Gasteiger partial charge in [0.15, 0.2) is 5.13 Å². The summed E-state index contributed by atoms with van der Waals surface area (Å²) in [4.78, 5) is 31.5. The SMILES string of the molecule is COC(=O)Nc1nc2c(s1)CN(CC(=O)Nc1cccc3ccccc13)CC2. The van der Waals surface area contributed by atoms with Crippen molar-refractivity contribution in [2.45, 2.75) is 13.0 Å². The van der Waals surface area contributed by atoms with E-state index in [1.54, 1.807) is 0 Å². The molecule has 0 spiro atoms. The Hall–Kier alpha value is -2.97. The Labute approximate surface area is 166 Å². The Morgan fingerprint density at radius 3 is 2.86 bits per heavy atom. The highest BCUT2D eigenvalue weighted by Gasteiger charge is 2.23. The molecule has 1 aromatic heterocycles. The minimum atomic E-state index is -0.530. The van der Waals surface area contributed by atoms with Gasteiger partial charge in [-0.05, 0) is 11.5 Å². The first kappa shape index (κ1) is 18.4. The first-order chi connectivity index (χ1) is 13.6. The standard InChI is InChI=1S/C20H20N4O3S/c1-27-20(26)23-19-22-16-9-10-24(11-17(16)28-19)12-18(25)21-15-8-4-6-13-5-2-3-7-14(13)15/h2-8H,9-12H2,1H3,(H,21,25)(H,22,23,26). The van der Waals surface area contributed by atoms with Crippen LogP contribution in [-0.4, -0.2) is 42.1 Å². The summed E-state index contributed by atoms with van der Waals surface area (Å²) in [5.74, 6) is -0.0442. The first-order valence-electron chi connectivity index (χ1n) is 8.96. The van der Waals surface area contributed by atoms with E-state index in [1.165, 1.54) is 18.4 Å². The van der Waals surface area contributed by atoms with Crippen LogP contribution in [0.4, 0.5) is 15.6 Å². The van der Waals surface area contributed by atoms with Crippen LogP contribution in [0, 0.1) is 0 Å². The van der Waals surface area contributed by atoms with Gasteiger partial charge in [-0.2, -0.15) is 0 Å². The van der Waals surface area contributed by atoms with Crippen LogP contribution < -0.4 is 10.6 Å². The number of nitrogens with one attached hydrogen (secondary N) is 2. The number of hydrogen-bond donors (Lipinski definition) is 2. The summed E-state index contributed by atoms with van der Waals surface area (Å²) >= 11 is 1.42. The monoisotopic (exact) mass is 396 g/mol. The van der Waals surface area contributed by atoms with Gasteiger partial charge < -0.3 is 10.1 Å². The van der Waals surface area contributed by atoms with Crippen molar-refractivity contribution in [3.63, 3.8) is 0 Å². The van der Waals surface area contributed by atoms with Gasteiger partial charge in [-0.25, -0.2) is 9.78 Å². The van der Waals surface area contributed by atoms with E-state index in [4.69, 9.17) is 0 Å². The minimum absolute atomic E-state index is 0.0442. The number of hydrogen-bond acceptors (Lipinski definition) is 6. The number of carbonyl (C=O) groups is 2. The van der Waals surface area contributed by atoms with Crippen molar-refractivity contribution in [2.75, 3.05) is 30.8 Å². The quantitative estimate of drug-likeness (QED) is 0.706. The fraction of sp³-hybridized carbons (Fsp3) is 0.250. The molecule has 0 saturated carbocycles. The molecule has 7 nitrogen and oxygen atoms in total. The first-order valence-corrected chi connectivity index (χ1v) is 9.77. The van der Waals surface area contributed by atoms with Crippen LogP contribution in [-0.2, 0) is 22.5 Å². The fourth-order valence-electron chi connectivity index (χ4n) is 3.30. The van der Waals surface area contributed by atoms with Crippen LogP contribution >= 0.6 is 11.3 Å². The second-order valence-electron chi connectivity index (χ2n) is 6.54. The number of carbonyl (C=O) groups excluding carboxylic acids is 2. The molecule has 1 aliphatic heterocycles. The summed E-state index contributed by atoms with van der Waals surface area (Å²) in [5, 5.41) is 8.28. The number of thiazole rings is 1. The smallest absolute Gasteiger partial charge is 0.413 e. The largest absolute Gasteiger partial charge is 0.453 e. The fourth-order valence-corrected chi connectivity index (χ4v) is 4.34. The molecule has 0 unspecified atom stereocenters. The topological polar surface area (TPSA) is 83.6 Å². The highest BCUT2D eigenvalue weighted by atomic mass is 32.1. The molecule has 0 atom stereocenters. The van der Waals surface area contributed by atoms with Crippen molar-refractivity contribution in [1.29, 1.82) is 0 Å². The predicted molar refractivity (Wildman–Crippen MR) is 110 cm³/mol. The number of methoxy groups -OCH3 is 1. The maximum Gasteiger partial charge on any atom is 0.413 e. The van der Waals surface area contributed by atoms with Crippen molar-refractivity contribution in [1.82, 2.24) is 9.88 Å². The van der Waals surface area contributed by atoms with Gasteiger partial charge in [-0.1, -0.05) is 47.7 Å². The number of nitrogens with zero attached hydrogens (tertiary/aromatic N) is 2. The van der Waals surface area contributed by atoms with Gasteiger partial charge in [-0.15, -0.1) is 0 Å². The summed E-state index contributed by atoms with van der Waals surface area (Å²) in [7, 11) is 1.32. The molecule has 4 rings (SSSR count). The lowest BCUT2D eigenvalue weighted by Gasteiger charge is -2.25. The molecule has 2 amide bonds. The molecule has 8 heteroatoms. The van der Waals surface area contributed by atoms with Gasteiger partial charge in [0.1, 0.15) is 0 Å². The lowest BCUT2D eigenvalue weighted by molar-refractivity contribution is -0.117. The predicted octanol–water partition coefficient (Wildman–Crippen LogP) is 3.47. The van der Waals surface area contributed by atoms with E-state index in [-0.39, 0.29) is 5.91 Å². The second kappa shape index (κ2) is 7.95. The number of ether oxygens (including phenoxy) is 1. The van der Waals surface area contributed by atoms with E-state index in [0.29, 0.717) is 18.2 Å². The molecule has 28 heavy (non-hydrogen) atoms. The van der Waals surface area contributed by atoms with Crippen molar-refractivity contribution < 1.29 is 14.3 Å². The van der Waals surface area contributed by atoms with Crippen molar-refractivity contribution in [3.8, 4) is 0 Å². The van der Waals surface area contributed by atoms with Gasteiger partial charge in [0.05, 0.1) is 19.3 Å². The Bertz CT molecular complexity index is 1030. The van der Waals surface area contributed by atoms with Crippen LogP contribution in [0.25, 0.3) is 10.8 Å². The zero-order valence-corrected chi connectivity index (χ0v) is 16.2. The molecular formula is C20H20N4O3S. The normalized spacial score (nSPS) is 13.8. The molecule has 0 saturated heterocycles. The Balaban J connectivity index is 1.40. The van der Waals surface area contributed by atoms with Gasteiger partial charge in [-0.3, -0.25) is 15.0 Å². The average molecular weight is 396 g/mol. The van der Waals surface area contributed by atoms with Gasteiger partial charge in [0.2, 0.25) is 5.91 Å². The van der Waals surface area contributed by atoms with Crippen LogP contribution in [0.5, 0.6) is 0 Å². The number of benzene rings is 2. The lowest BCUT2D eigenvalue weighted by Crippen LogP contribution is -2.36. The molecular weight excluding hydrogens is 376 g/mol. The zero-order valence-electron chi connectivity index (χ0n) is 15.4. The summed E-state index contributed by atoms with van der Waals surface area (Å²) < 4.78 is 4.60. The molecule has 2 heterocycles. The number of rotatable bonds is 4. The molecule has 3 aromatic rings. The maximum absolute atomic E-state index is 12.6. The molecule has 1 aliphatic rings. The number of fused-ring (bicyclic) bond motifs is 2. The summed E-state index contributed by atoms with van der Waals surface area (Å²) in [6.07, 6.45) is 0.216. The molecule has 0 fully saturated rings. The van der Waals surface area contributed by atoms with Gasteiger partial charge >= 0.3 is 6.09 Å². The van der Waals surface area contributed by atoms with E-state index >= 15 is 0 Å². The number of amides is 2.